The summed E-state index contributed by atoms with van der Waals surface area (Å²) in [6, 6.07) is 5.34. The van der Waals surface area contributed by atoms with Crippen LogP contribution in [-0.4, -0.2) is 16.1 Å². The molecule has 1 heterocycles. The molecule has 3 rings (SSSR count). The minimum absolute atomic E-state index is 0.0367. The highest BCUT2D eigenvalue weighted by Crippen LogP contribution is 2.36. The molecule has 1 aromatic carbocycles. The third-order valence-corrected chi connectivity index (χ3v) is 3.99. The van der Waals surface area contributed by atoms with Gasteiger partial charge >= 0.3 is 6.18 Å². The van der Waals surface area contributed by atoms with Crippen molar-refractivity contribution in [3.05, 3.63) is 41.8 Å². The van der Waals surface area contributed by atoms with Crippen LogP contribution in [0.1, 0.15) is 37.7 Å². The summed E-state index contributed by atoms with van der Waals surface area (Å²) in [5.74, 6) is -0.926. The maximum atomic E-state index is 13.2. The summed E-state index contributed by atoms with van der Waals surface area (Å²) in [5.41, 5.74) is -0.535. The molecule has 0 unspecified atom stereocenters. The van der Waals surface area contributed by atoms with Gasteiger partial charge in [0.25, 0.3) is 0 Å². The number of halogens is 4. The second kappa shape index (κ2) is 7.25. The van der Waals surface area contributed by atoms with Gasteiger partial charge in [-0.2, -0.15) is 18.2 Å². The lowest BCUT2D eigenvalue weighted by Crippen LogP contribution is -2.22. The van der Waals surface area contributed by atoms with E-state index in [1.165, 1.54) is 24.3 Å². The summed E-state index contributed by atoms with van der Waals surface area (Å²) >= 11 is 0. The number of hydrogen-bond acceptors (Lipinski definition) is 4. The molecule has 0 aliphatic heterocycles. The zero-order valence-electron chi connectivity index (χ0n) is 13.3. The van der Waals surface area contributed by atoms with Crippen LogP contribution in [-0.2, 0) is 6.18 Å². The maximum Gasteiger partial charge on any atom is 0.423 e. The Balaban J connectivity index is 1.84. The summed E-state index contributed by atoms with van der Waals surface area (Å²) in [4.78, 5) is 7.59. The minimum Gasteiger partial charge on any atom is -0.474 e. The Morgan fingerprint density at radius 1 is 1.04 bits per heavy atom. The molecule has 8 heteroatoms. The van der Waals surface area contributed by atoms with Crippen LogP contribution >= 0.6 is 0 Å². The summed E-state index contributed by atoms with van der Waals surface area (Å²) in [6.45, 7) is 0. The highest BCUT2D eigenvalue weighted by atomic mass is 19.4. The zero-order valence-corrected chi connectivity index (χ0v) is 13.3. The van der Waals surface area contributed by atoms with Crippen LogP contribution in [0.4, 0.5) is 29.2 Å². The van der Waals surface area contributed by atoms with Crippen molar-refractivity contribution in [1.82, 2.24) is 9.97 Å². The quantitative estimate of drug-likeness (QED) is 0.776. The standard InChI is InChI=1S/C17H17F4N3O/c18-11-6-8-12(9-7-11)23-16-22-10-14(17(19,20)21)15(24-16)25-13-4-2-1-3-5-13/h6-10,13H,1-5H2,(H,22,23,24). The van der Waals surface area contributed by atoms with Crippen molar-refractivity contribution < 1.29 is 22.3 Å². The Morgan fingerprint density at radius 3 is 2.36 bits per heavy atom. The average Bonchev–Trinajstić information content (AvgIpc) is 2.57. The van der Waals surface area contributed by atoms with Crippen molar-refractivity contribution in [3.63, 3.8) is 0 Å². The van der Waals surface area contributed by atoms with Crippen LogP contribution in [0.15, 0.2) is 30.5 Å². The van der Waals surface area contributed by atoms with Crippen LogP contribution in [0.5, 0.6) is 5.88 Å². The topological polar surface area (TPSA) is 47.0 Å². The molecule has 0 bridgehead atoms. The SMILES string of the molecule is Fc1ccc(Nc2ncc(C(F)(F)F)c(OC3CCCCC3)n2)cc1. The second-order valence-electron chi connectivity index (χ2n) is 5.92. The van der Waals surface area contributed by atoms with Gasteiger partial charge in [0.1, 0.15) is 17.5 Å². The molecular weight excluding hydrogens is 338 g/mol. The van der Waals surface area contributed by atoms with E-state index in [-0.39, 0.29) is 12.1 Å². The van der Waals surface area contributed by atoms with E-state index in [9.17, 15) is 17.6 Å². The molecule has 1 fully saturated rings. The molecule has 1 N–H and O–H groups in total. The first-order valence-corrected chi connectivity index (χ1v) is 8.05. The van der Waals surface area contributed by atoms with E-state index in [2.05, 4.69) is 15.3 Å². The fourth-order valence-corrected chi connectivity index (χ4v) is 2.71. The van der Waals surface area contributed by atoms with Crippen molar-refractivity contribution in [2.24, 2.45) is 0 Å². The average molecular weight is 355 g/mol. The smallest absolute Gasteiger partial charge is 0.423 e. The number of ether oxygens (including phenoxy) is 1. The Kier molecular flexibility index (Phi) is 5.06. The molecule has 1 aromatic heterocycles. The molecular formula is C17H17F4N3O. The van der Waals surface area contributed by atoms with Crippen molar-refractivity contribution in [2.45, 2.75) is 44.4 Å². The molecule has 0 radical (unpaired) electrons. The van der Waals surface area contributed by atoms with E-state index in [1.807, 2.05) is 0 Å². The maximum absolute atomic E-state index is 13.2. The highest BCUT2D eigenvalue weighted by molar-refractivity contribution is 5.53. The number of anilines is 2. The Bertz CT molecular complexity index is 713. The summed E-state index contributed by atoms with van der Waals surface area (Å²) in [6.07, 6.45) is 0.172. The van der Waals surface area contributed by atoms with Crippen molar-refractivity contribution in [2.75, 3.05) is 5.32 Å². The fraction of sp³-hybridized carbons (Fsp3) is 0.412. The summed E-state index contributed by atoms with van der Waals surface area (Å²) in [5, 5.41) is 2.75. The second-order valence-corrected chi connectivity index (χ2v) is 5.92. The highest BCUT2D eigenvalue weighted by Gasteiger charge is 2.37. The van der Waals surface area contributed by atoms with Crippen molar-refractivity contribution in [3.8, 4) is 5.88 Å². The lowest BCUT2D eigenvalue weighted by molar-refractivity contribution is -0.140. The molecule has 0 atom stereocenters. The number of hydrogen-bond donors (Lipinski definition) is 1. The monoisotopic (exact) mass is 355 g/mol. The van der Waals surface area contributed by atoms with Crippen LogP contribution in [0.3, 0.4) is 0 Å². The molecule has 134 valence electrons. The minimum atomic E-state index is -4.60. The van der Waals surface area contributed by atoms with E-state index >= 15 is 0 Å². The van der Waals surface area contributed by atoms with Gasteiger partial charge in [-0.25, -0.2) is 9.37 Å². The molecule has 0 spiro atoms. The van der Waals surface area contributed by atoms with Crippen LogP contribution in [0, 0.1) is 5.82 Å². The van der Waals surface area contributed by atoms with Gasteiger partial charge in [0.2, 0.25) is 11.8 Å². The first-order chi connectivity index (χ1) is 11.9. The first kappa shape index (κ1) is 17.4. The number of alkyl halides is 3. The molecule has 25 heavy (non-hydrogen) atoms. The lowest BCUT2D eigenvalue weighted by atomic mass is 9.98. The van der Waals surface area contributed by atoms with E-state index in [4.69, 9.17) is 4.74 Å². The summed E-state index contributed by atoms with van der Waals surface area (Å²) < 4.78 is 58.0. The predicted octanol–water partition coefficient (Wildman–Crippen LogP) is 5.09. The van der Waals surface area contributed by atoms with Gasteiger partial charge in [-0.1, -0.05) is 6.42 Å². The molecule has 4 nitrogen and oxygen atoms in total. The molecule has 1 saturated carbocycles. The molecule has 1 aliphatic rings. The number of rotatable bonds is 4. The van der Waals surface area contributed by atoms with E-state index in [0.29, 0.717) is 24.7 Å². The van der Waals surface area contributed by atoms with Crippen molar-refractivity contribution in [1.29, 1.82) is 0 Å². The molecule has 2 aromatic rings. The van der Waals surface area contributed by atoms with E-state index in [1.54, 1.807) is 0 Å². The Labute approximate surface area is 142 Å². The molecule has 0 saturated heterocycles. The third kappa shape index (κ3) is 4.58. The predicted molar refractivity (Wildman–Crippen MR) is 84.2 cm³/mol. The number of aromatic nitrogens is 2. The van der Waals surface area contributed by atoms with Crippen LogP contribution in [0.2, 0.25) is 0 Å². The molecule has 1 aliphatic carbocycles. The van der Waals surface area contributed by atoms with Crippen molar-refractivity contribution >= 4 is 11.6 Å². The van der Waals surface area contributed by atoms with Gasteiger partial charge in [0, 0.05) is 11.9 Å². The van der Waals surface area contributed by atoms with Gasteiger partial charge in [0.15, 0.2) is 0 Å². The van der Waals surface area contributed by atoms with Gasteiger partial charge < -0.3 is 10.1 Å². The fourth-order valence-electron chi connectivity index (χ4n) is 2.71. The Morgan fingerprint density at radius 2 is 1.72 bits per heavy atom. The van der Waals surface area contributed by atoms with Gasteiger partial charge in [-0.05, 0) is 49.9 Å². The van der Waals surface area contributed by atoms with E-state index in [0.717, 1.165) is 19.3 Å². The third-order valence-electron chi connectivity index (χ3n) is 3.99. The van der Waals surface area contributed by atoms with Gasteiger partial charge in [0.05, 0.1) is 0 Å². The van der Waals surface area contributed by atoms with Crippen LogP contribution in [0.25, 0.3) is 0 Å². The van der Waals surface area contributed by atoms with E-state index < -0.39 is 23.4 Å². The zero-order chi connectivity index (χ0) is 17.9. The number of benzene rings is 1. The normalized spacial score (nSPS) is 15.8. The van der Waals surface area contributed by atoms with Gasteiger partial charge in [-0.15, -0.1) is 0 Å². The largest absolute Gasteiger partial charge is 0.474 e. The summed E-state index contributed by atoms with van der Waals surface area (Å²) in [7, 11) is 0. The Hall–Kier alpha value is -2.38. The lowest BCUT2D eigenvalue weighted by Gasteiger charge is -2.24. The first-order valence-electron chi connectivity index (χ1n) is 8.05. The van der Waals surface area contributed by atoms with Gasteiger partial charge in [-0.3, -0.25) is 0 Å². The van der Waals surface area contributed by atoms with Crippen LogP contribution < -0.4 is 10.1 Å². The molecule has 0 amide bonds. The number of nitrogens with one attached hydrogen (secondary N) is 1. The number of nitrogens with zero attached hydrogens (tertiary/aromatic N) is 2.